The van der Waals surface area contributed by atoms with Gasteiger partial charge < -0.3 is 45.6 Å². The van der Waals surface area contributed by atoms with Gasteiger partial charge in [-0.3, -0.25) is 38.4 Å². The molecule has 1 aliphatic rings. The third-order valence-electron chi connectivity index (χ3n) is 12.3. The number of nitrogens with one attached hydrogen (secondary N) is 2. The Labute approximate surface area is 384 Å². The minimum Gasteiger partial charge on any atom is -0.375 e. The van der Waals surface area contributed by atoms with E-state index < -0.39 is 90.3 Å². The molecule has 0 radical (unpaired) electrons. The fourth-order valence-corrected chi connectivity index (χ4v) is 8.25. The lowest BCUT2D eigenvalue weighted by atomic mass is 9.89. The van der Waals surface area contributed by atoms with Gasteiger partial charge in [-0.25, -0.2) is 0 Å². The molecule has 17 heteroatoms. The quantitative estimate of drug-likeness (QED) is 0.123. The number of primary amides is 1. The minimum atomic E-state index is -1.13. The van der Waals surface area contributed by atoms with E-state index in [0.29, 0.717) is 25.4 Å². The summed E-state index contributed by atoms with van der Waals surface area (Å²) in [5, 5.41) is 5.70. The van der Waals surface area contributed by atoms with E-state index in [9.17, 15) is 38.4 Å². The molecule has 0 unspecified atom stereocenters. The molecule has 1 aliphatic heterocycles. The Balaban J connectivity index is 3.37. The van der Waals surface area contributed by atoms with Crippen molar-refractivity contribution in [1.82, 2.24) is 35.1 Å². The number of nitrogens with two attached hydrogens (primary N) is 1. The summed E-state index contributed by atoms with van der Waals surface area (Å²) in [6.07, 6.45) is 2.60. The van der Waals surface area contributed by atoms with E-state index in [1.165, 1.54) is 52.7 Å². The minimum absolute atomic E-state index is 0.0402. The Morgan fingerprint density at radius 1 is 0.656 bits per heavy atom. The highest BCUT2D eigenvalue weighted by Gasteiger charge is 2.44. The zero-order valence-corrected chi connectivity index (χ0v) is 42.4. The average Bonchev–Trinajstić information content (AvgIpc) is 3.20. The van der Waals surface area contributed by atoms with Gasteiger partial charge in [0.15, 0.2) is 0 Å². The first-order valence-corrected chi connectivity index (χ1v) is 23.4. The zero-order chi connectivity index (χ0) is 49.5. The summed E-state index contributed by atoms with van der Waals surface area (Å²) >= 11 is 0. The SMILES string of the molecule is CC[C@H](NC(=O)[C@H]([C@@H]1OCCC[C@H]1C)N(C)C(=O)[C@H](C(C)C)N(C)C(=O)CCC(C)C)C(=O)N(C)CC(=O)N(C)[C@@H](CC(C)C)C(=O)N[C@H](C(=O)N(C)[C@@H](CC(C)C)C(N)=O)C(C)C. The average molecular weight is 907 g/mol. The van der Waals surface area contributed by atoms with Gasteiger partial charge >= 0.3 is 0 Å². The van der Waals surface area contributed by atoms with Crippen LogP contribution in [0.25, 0.3) is 0 Å². The van der Waals surface area contributed by atoms with Gasteiger partial charge in [-0.05, 0) is 74.0 Å². The van der Waals surface area contributed by atoms with Crippen LogP contribution in [0.5, 0.6) is 0 Å². The Hall–Kier alpha value is -4.28. The maximum Gasteiger partial charge on any atom is 0.246 e. The fraction of sp³-hybridized carbons (Fsp3) is 0.830. The van der Waals surface area contributed by atoms with Crippen molar-refractivity contribution in [3.8, 4) is 0 Å². The second-order valence-corrected chi connectivity index (χ2v) is 20.0. The lowest BCUT2D eigenvalue weighted by molar-refractivity contribution is -0.157. The van der Waals surface area contributed by atoms with E-state index in [1.54, 1.807) is 27.8 Å². The molecule has 0 aromatic rings. The number of hydrogen-bond donors (Lipinski definition) is 3. The second-order valence-electron chi connectivity index (χ2n) is 20.0. The molecule has 4 N–H and O–H groups in total. The lowest BCUT2D eigenvalue weighted by Crippen LogP contribution is -2.63. The van der Waals surface area contributed by atoms with Gasteiger partial charge in [-0.2, -0.15) is 0 Å². The molecule has 0 bridgehead atoms. The number of likely N-dealkylation sites (N-methyl/N-ethyl adjacent to an activating group) is 5. The topological polar surface area (TPSA) is 212 Å². The highest BCUT2D eigenvalue weighted by atomic mass is 16.5. The number of amides is 8. The first-order chi connectivity index (χ1) is 29.6. The van der Waals surface area contributed by atoms with Crippen LogP contribution in [0.3, 0.4) is 0 Å². The molecule has 8 amide bonds. The van der Waals surface area contributed by atoms with Gasteiger partial charge in [0.25, 0.3) is 0 Å². The van der Waals surface area contributed by atoms with Crippen LogP contribution < -0.4 is 16.4 Å². The van der Waals surface area contributed by atoms with Crippen molar-refractivity contribution in [1.29, 1.82) is 0 Å². The van der Waals surface area contributed by atoms with Crippen LogP contribution >= 0.6 is 0 Å². The standard InChI is InChI=1S/C47H86N8O9/c1-18-33(49-44(60)40(41-32(12)20-19-23-64-41)55(17)47(63)39(31(10)11)54(16)36(56)22-21-27(2)3)45(61)51(13)26-37(57)52(14)35(25-29(6)7)43(59)50-38(30(8)9)46(62)53(15)34(42(48)58)24-28(4)5/h27-35,38-41H,18-26H2,1-17H3,(H2,48,58)(H,49,60)(H,50,59)/t32-,33+,34+,35+,38+,39+,40+,41-/m1/s1. The van der Waals surface area contributed by atoms with Crippen LogP contribution in [0, 0.1) is 35.5 Å². The van der Waals surface area contributed by atoms with Crippen LogP contribution in [0.1, 0.15) is 128 Å². The molecule has 0 aromatic carbocycles. The number of carbonyl (C=O) groups is 8. The summed E-state index contributed by atoms with van der Waals surface area (Å²) < 4.78 is 6.17. The maximum atomic E-state index is 14.4. The molecular weight excluding hydrogens is 821 g/mol. The molecule has 0 spiro atoms. The maximum absolute atomic E-state index is 14.4. The number of rotatable bonds is 25. The van der Waals surface area contributed by atoms with E-state index >= 15 is 0 Å². The van der Waals surface area contributed by atoms with Crippen molar-refractivity contribution in [2.75, 3.05) is 48.4 Å². The molecule has 1 rings (SSSR count). The molecule has 0 aliphatic carbocycles. The van der Waals surface area contributed by atoms with E-state index in [0.717, 1.165) is 12.8 Å². The zero-order valence-electron chi connectivity index (χ0n) is 42.4. The van der Waals surface area contributed by atoms with Crippen LogP contribution in [0.2, 0.25) is 0 Å². The fourth-order valence-electron chi connectivity index (χ4n) is 8.25. The van der Waals surface area contributed by atoms with E-state index in [-0.39, 0.29) is 54.8 Å². The highest BCUT2D eigenvalue weighted by molar-refractivity contribution is 5.97. The number of nitrogens with zero attached hydrogens (tertiary/aromatic N) is 5. The van der Waals surface area contributed by atoms with Gasteiger partial charge in [0.05, 0.1) is 12.6 Å². The molecule has 0 aromatic heterocycles. The van der Waals surface area contributed by atoms with E-state index in [2.05, 4.69) is 10.6 Å². The Bertz CT molecular complexity index is 1590. The van der Waals surface area contributed by atoms with E-state index in [4.69, 9.17) is 10.5 Å². The molecule has 0 saturated carbocycles. The third-order valence-corrected chi connectivity index (χ3v) is 12.3. The summed E-state index contributed by atoms with van der Waals surface area (Å²) in [6, 6.07) is -5.95. The van der Waals surface area contributed by atoms with Crippen molar-refractivity contribution >= 4 is 47.3 Å². The van der Waals surface area contributed by atoms with Gasteiger partial charge in [0.2, 0.25) is 47.3 Å². The number of hydrogen-bond acceptors (Lipinski definition) is 9. The van der Waals surface area contributed by atoms with Gasteiger partial charge in [-0.1, -0.05) is 83.1 Å². The van der Waals surface area contributed by atoms with Crippen molar-refractivity contribution in [2.45, 2.75) is 170 Å². The van der Waals surface area contributed by atoms with Crippen molar-refractivity contribution in [2.24, 2.45) is 41.2 Å². The monoisotopic (exact) mass is 907 g/mol. The van der Waals surface area contributed by atoms with Crippen molar-refractivity contribution < 1.29 is 43.1 Å². The normalized spacial score (nSPS) is 18.2. The lowest BCUT2D eigenvalue weighted by Gasteiger charge is -2.42. The number of carbonyl (C=O) groups excluding carboxylic acids is 8. The van der Waals surface area contributed by atoms with Crippen LogP contribution in [0.4, 0.5) is 0 Å². The first-order valence-electron chi connectivity index (χ1n) is 23.4. The smallest absolute Gasteiger partial charge is 0.246 e. The van der Waals surface area contributed by atoms with Gasteiger partial charge in [0, 0.05) is 48.3 Å². The number of ether oxygens (including phenoxy) is 1. The predicted molar refractivity (Wildman–Crippen MR) is 248 cm³/mol. The largest absolute Gasteiger partial charge is 0.375 e. The van der Waals surface area contributed by atoms with Crippen LogP contribution in [-0.4, -0.2) is 163 Å². The third kappa shape index (κ3) is 16.6. The summed E-state index contributed by atoms with van der Waals surface area (Å²) in [7, 11) is 7.55. The summed E-state index contributed by atoms with van der Waals surface area (Å²) in [6.45, 7) is 22.6. The second kappa shape index (κ2) is 26.6. The van der Waals surface area contributed by atoms with Crippen LogP contribution in [0.15, 0.2) is 0 Å². The Kier molecular flexibility index (Phi) is 24.0. The molecule has 1 saturated heterocycles. The predicted octanol–water partition coefficient (Wildman–Crippen LogP) is 3.27. The Morgan fingerprint density at radius 2 is 1.22 bits per heavy atom. The summed E-state index contributed by atoms with van der Waals surface area (Å²) in [5.74, 6) is -4.37. The first kappa shape index (κ1) is 57.7. The Morgan fingerprint density at radius 3 is 1.69 bits per heavy atom. The molecule has 1 fully saturated rings. The van der Waals surface area contributed by atoms with Crippen molar-refractivity contribution in [3.63, 3.8) is 0 Å². The van der Waals surface area contributed by atoms with Crippen molar-refractivity contribution in [3.05, 3.63) is 0 Å². The molecule has 64 heavy (non-hydrogen) atoms. The summed E-state index contributed by atoms with van der Waals surface area (Å²) in [5.41, 5.74) is 5.67. The van der Waals surface area contributed by atoms with Gasteiger partial charge in [-0.15, -0.1) is 0 Å². The molecule has 1 heterocycles. The molecule has 8 atom stereocenters. The van der Waals surface area contributed by atoms with Crippen LogP contribution in [-0.2, 0) is 43.1 Å². The molecule has 368 valence electrons. The summed E-state index contributed by atoms with van der Waals surface area (Å²) in [4.78, 5) is 117. The molecule has 17 nitrogen and oxygen atoms in total. The highest BCUT2D eigenvalue weighted by Crippen LogP contribution is 2.27. The molecular formula is C47H86N8O9. The van der Waals surface area contributed by atoms with Gasteiger partial charge in [0.1, 0.15) is 36.3 Å². The van der Waals surface area contributed by atoms with E-state index in [1.807, 2.05) is 62.3 Å².